The van der Waals surface area contributed by atoms with E-state index in [1.54, 1.807) is 25.1 Å². The molecular formula is C19H19F2N3O2. The molecule has 0 bridgehead atoms. The van der Waals surface area contributed by atoms with Gasteiger partial charge in [-0.3, -0.25) is 0 Å². The molecule has 3 rings (SSSR count). The number of hydrogen-bond acceptors (Lipinski definition) is 5. The second-order valence-electron chi connectivity index (χ2n) is 5.91. The van der Waals surface area contributed by atoms with Crippen LogP contribution < -0.4 is 10.1 Å². The highest BCUT2D eigenvalue weighted by molar-refractivity contribution is 5.53. The third kappa shape index (κ3) is 4.56. The fourth-order valence-corrected chi connectivity index (χ4v) is 2.63. The molecule has 1 heterocycles. The molecule has 1 N–H and O–H groups in total. The van der Waals surface area contributed by atoms with Crippen LogP contribution in [0.4, 0.5) is 14.5 Å². The standard InChI is InChI=1S/C19H19F2N3O2/c1-12(18-23-13(2)24-26-18)22-16-8-9-17(25-19(20)21)15(11-16)10-14-6-4-3-5-7-14/h3-9,11-12,19,22H,10H2,1-2H3. The molecule has 0 fully saturated rings. The Balaban J connectivity index is 1.83. The summed E-state index contributed by atoms with van der Waals surface area (Å²) in [7, 11) is 0. The molecular weight excluding hydrogens is 340 g/mol. The zero-order valence-electron chi connectivity index (χ0n) is 14.4. The number of aromatic nitrogens is 2. The fraction of sp³-hybridized carbons (Fsp3) is 0.263. The lowest BCUT2D eigenvalue weighted by molar-refractivity contribution is -0.0503. The highest BCUT2D eigenvalue weighted by Crippen LogP contribution is 2.28. The molecule has 26 heavy (non-hydrogen) atoms. The van der Waals surface area contributed by atoms with Gasteiger partial charge < -0.3 is 14.6 Å². The molecule has 0 spiro atoms. The van der Waals surface area contributed by atoms with Gasteiger partial charge in [0.1, 0.15) is 11.8 Å². The molecule has 2 aromatic carbocycles. The van der Waals surface area contributed by atoms with E-state index in [0.717, 1.165) is 11.3 Å². The predicted molar refractivity (Wildman–Crippen MR) is 93.4 cm³/mol. The van der Waals surface area contributed by atoms with Crippen LogP contribution in [-0.4, -0.2) is 16.8 Å². The number of aryl methyl sites for hydroxylation is 1. The maximum Gasteiger partial charge on any atom is 0.387 e. The van der Waals surface area contributed by atoms with Crippen LogP contribution in [-0.2, 0) is 6.42 Å². The molecule has 136 valence electrons. The first-order chi connectivity index (χ1) is 12.5. The first kappa shape index (κ1) is 17.8. The van der Waals surface area contributed by atoms with Gasteiger partial charge in [0.15, 0.2) is 5.82 Å². The van der Waals surface area contributed by atoms with Gasteiger partial charge in [-0.05, 0) is 37.6 Å². The number of benzene rings is 2. The lowest BCUT2D eigenvalue weighted by atomic mass is 10.0. The average molecular weight is 359 g/mol. The second-order valence-corrected chi connectivity index (χ2v) is 5.91. The van der Waals surface area contributed by atoms with E-state index in [-0.39, 0.29) is 11.8 Å². The molecule has 0 saturated carbocycles. The van der Waals surface area contributed by atoms with Crippen molar-refractivity contribution in [2.24, 2.45) is 0 Å². The van der Waals surface area contributed by atoms with Crippen molar-refractivity contribution in [3.8, 4) is 5.75 Å². The Morgan fingerprint density at radius 2 is 1.92 bits per heavy atom. The van der Waals surface area contributed by atoms with Gasteiger partial charge >= 0.3 is 6.61 Å². The van der Waals surface area contributed by atoms with E-state index in [4.69, 9.17) is 4.52 Å². The Hall–Kier alpha value is -2.96. The Kier molecular flexibility index (Phi) is 5.46. The summed E-state index contributed by atoms with van der Waals surface area (Å²) in [5, 5.41) is 7.01. The summed E-state index contributed by atoms with van der Waals surface area (Å²) < 4.78 is 35.2. The molecule has 0 aliphatic carbocycles. The van der Waals surface area contributed by atoms with Gasteiger partial charge in [-0.15, -0.1) is 0 Å². The van der Waals surface area contributed by atoms with Crippen molar-refractivity contribution < 1.29 is 18.0 Å². The Labute approximate surface area is 150 Å². The summed E-state index contributed by atoms with van der Waals surface area (Å²) in [6.07, 6.45) is 0.479. The minimum absolute atomic E-state index is 0.163. The number of nitrogens with zero attached hydrogens (tertiary/aromatic N) is 2. The molecule has 0 radical (unpaired) electrons. The van der Waals surface area contributed by atoms with E-state index in [0.29, 0.717) is 23.7 Å². The van der Waals surface area contributed by atoms with E-state index in [1.165, 1.54) is 0 Å². The zero-order chi connectivity index (χ0) is 18.5. The number of nitrogens with one attached hydrogen (secondary N) is 1. The van der Waals surface area contributed by atoms with E-state index in [2.05, 4.69) is 20.2 Å². The number of anilines is 1. The van der Waals surface area contributed by atoms with E-state index in [1.807, 2.05) is 37.3 Å². The number of halogens is 2. The van der Waals surface area contributed by atoms with Crippen LogP contribution in [0, 0.1) is 6.92 Å². The summed E-state index contributed by atoms with van der Waals surface area (Å²) in [5.41, 5.74) is 2.42. The van der Waals surface area contributed by atoms with E-state index < -0.39 is 6.61 Å². The predicted octanol–water partition coefficient (Wildman–Crippen LogP) is 4.74. The first-order valence-electron chi connectivity index (χ1n) is 8.19. The maximum absolute atomic E-state index is 12.7. The Morgan fingerprint density at radius 1 is 1.15 bits per heavy atom. The fourth-order valence-electron chi connectivity index (χ4n) is 2.63. The number of alkyl halides is 2. The van der Waals surface area contributed by atoms with Crippen molar-refractivity contribution in [3.63, 3.8) is 0 Å². The third-order valence-electron chi connectivity index (χ3n) is 3.81. The summed E-state index contributed by atoms with van der Waals surface area (Å²) in [4.78, 5) is 4.19. The number of rotatable bonds is 7. The van der Waals surface area contributed by atoms with Gasteiger partial charge in [0, 0.05) is 17.7 Å². The zero-order valence-corrected chi connectivity index (χ0v) is 14.4. The van der Waals surface area contributed by atoms with Gasteiger partial charge in [0.25, 0.3) is 0 Å². The lowest BCUT2D eigenvalue weighted by Crippen LogP contribution is -2.09. The van der Waals surface area contributed by atoms with Crippen LogP contribution in [0.15, 0.2) is 53.1 Å². The SMILES string of the molecule is Cc1noc(C(C)Nc2ccc(OC(F)F)c(Cc3ccccc3)c2)n1. The molecule has 3 aromatic rings. The summed E-state index contributed by atoms with van der Waals surface area (Å²) >= 11 is 0. The summed E-state index contributed by atoms with van der Waals surface area (Å²) in [6, 6.07) is 14.4. The molecule has 0 aliphatic heterocycles. The smallest absolute Gasteiger partial charge is 0.387 e. The van der Waals surface area contributed by atoms with E-state index in [9.17, 15) is 8.78 Å². The van der Waals surface area contributed by atoms with Crippen LogP contribution in [0.1, 0.15) is 35.8 Å². The Bertz CT molecular complexity index is 853. The van der Waals surface area contributed by atoms with Gasteiger partial charge in [0.05, 0.1) is 0 Å². The summed E-state index contributed by atoms with van der Waals surface area (Å²) in [5.74, 6) is 1.18. The largest absolute Gasteiger partial charge is 0.435 e. The minimum atomic E-state index is -2.87. The average Bonchev–Trinajstić information content (AvgIpc) is 3.04. The first-order valence-corrected chi connectivity index (χ1v) is 8.19. The monoisotopic (exact) mass is 359 g/mol. The van der Waals surface area contributed by atoms with Crippen molar-refractivity contribution in [2.45, 2.75) is 32.9 Å². The van der Waals surface area contributed by atoms with Crippen LogP contribution in [0.25, 0.3) is 0 Å². The topological polar surface area (TPSA) is 60.2 Å². The molecule has 1 atom stereocenters. The highest BCUT2D eigenvalue weighted by Gasteiger charge is 2.15. The lowest BCUT2D eigenvalue weighted by Gasteiger charge is -2.16. The third-order valence-corrected chi connectivity index (χ3v) is 3.81. The van der Waals surface area contributed by atoms with Crippen LogP contribution in [0.5, 0.6) is 5.75 Å². The van der Waals surface area contributed by atoms with Gasteiger partial charge in [-0.1, -0.05) is 35.5 Å². The Morgan fingerprint density at radius 3 is 2.58 bits per heavy atom. The summed E-state index contributed by atoms with van der Waals surface area (Å²) in [6.45, 7) is 0.755. The molecule has 0 saturated heterocycles. The molecule has 1 aromatic heterocycles. The molecule has 5 nitrogen and oxygen atoms in total. The number of hydrogen-bond donors (Lipinski definition) is 1. The quantitative estimate of drug-likeness (QED) is 0.660. The van der Waals surface area contributed by atoms with Crippen LogP contribution in [0.3, 0.4) is 0 Å². The van der Waals surface area contributed by atoms with Crippen LogP contribution in [0.2, 0.25) is 0 Å². The normalized spacial score (nSPS) is 12.2. The molecule has 1 unspecified atom stereocenters. The molecule has 0 aliphatic rings. The van der Waals surface area contributed by atoms with Gasteiger partial charge in [0.2, 0.25) is 5.89 Å². The molecule has 0 amide bonds. The van der Waals surface area contributed by atoms with Gasteiger partial charge in [-0.25, -0.2) is 0 Å². The maximum atomic E-state index is 12.7. The van der Waals surface area contributed by atoms with Crippen molar-refractivity contribution in [1.29, 1.82) is 0 Å². The van der Waals surface area contributed by atoms with Crippen molar-refractivity contribution in [2.75, 3.05) is 5.32 Å². The minimum Gasteiger partial charge on any atom is -0.435 e. The van der Waals surface area contributed by atoms with Crippen molar-refractivity contribution in [1.82, 2.24) is 10.1 Å². The molecule has 7 heteroatoms. The van der Waals surface area contributed by atoms with E-state index >= 15 is 0 Å². The van der Waals surface area contributed by atoms with Crippen molar-refractivity contribution >= 4 is 5.69 Å². The highest BCUT2D eigenvalue weighted by atomic mass is 19.3. The van der Waals surface area contributed by atoms with Crippen LogP contribution >= 0.6 is 0 Å². The second kappa shape index (κ2) is 7.95. The number of ether oxygens (including phenoxy) is 1. The van der Waals surface area contributed by atoms with Gasteiger partial charge in [-0.2, -0.15) is 13.8 Å². The van der Waals surface area contributed by atoms with Crippen molar-refractivity contribution in [3.05, 3.63) is 71.4 Å².